The van der Waals surface area contributed by atoms with Gasteiger partial charge in [-0.3, -0.25) is 4.98 Å². The van der Waals surface area contributed by atoms with Crippen LogP contribution in [-0.4, -0.2) is 11.5 Å². The molecule has 19 heavy (non-hydrogen) atoms. The first-order valence-electron chi connectivity index (χ1n) is 6.23. The number of hydrogen-bond donors (Lipinski definition) is 1. The van der Waals surface area contributed by atoms with E-state index in [-0.39, 0.29) is 5.56 Å². The molecular weight excluding hydrogens is 246 g/mol. The average molecular weight is 262 g/mol. The number of nitrogens with one attached hydrogen (secondary N) is 1. The highest BCUT2D eigenvalue weighted by Gasteiger charge is 2.22. The second-order valence-electron chi connectivity index (χ2n) is 4.36. The number of aromatic nitrogens is 1. The zero-order chi connectivity index (χ0) is 13.8. The van der Waals surface area contributed by atoms with Gasteiger partial charge in [0.1, 0.15) is 11.6 Å². The number of hydrogen-bond acceptors (Lipinski definition) is 2. The van der Waals surface area contributed by atoms with E-state index < -0.39 is 17.7 Å². The molecule has 1 unspecified atom stereocenters. The largest absolute Gasteiger partial charge is 0.306 e. The van der Waals surface area contributed by atoms with Crippen LogP contribution in [0.2, 0.25) is 0 Å². The summed E-state index contributed by atoms with van der Waals surface area (Å²) in [5, 5.41) is 3.12. The van der Waals surface area contributed by atoms with Gasteiger partial charge >= 0.3 is 0 Å². The van der Waals surface area contributed by atoms with Crippen LogP contribution >= 0.6 is 0 Å². The van der Waals surface area contributed by atoms with Gasteiger partial charge in [-0.15, -0.1) is 0 Å². The van der Waals surface area contributed by atoms with Crippen LogP contribution in [0.4, 0.5) is 8.78 Å². The predicted octanol–water partition coefficient (Wildman–Crippen LogP) is 3.37. The SMILES string of the molecule is CCNC(c1ccncc1)c1c(F)ccc(C)c1F. The van der Waals surface area contributed by atoms with Gasteiger partial charge in [-0.2, -0.15) is 0 Å². The average Bonchev–Trinajstić information content (AvgIpc) is 2.43. The lowest BCUT2D eigenvalue weighted by Gasteiger charge is -2.20. The second-order valence-corrected chi connectivity index (χ2v) is 4.36. The number of benzene rings is 1. The maximum Gasteiger partial charge on any atom is 0.134 e. The Morgan fingerprint density at radius 1 is 1.16 bits per heavy atom. The first-order chi connectivity index (χ1) is 9.15. The highest BCUT2D eigenvalue weighted by molar-refractivity contribution is 5.35. The lowest BCUT2D eigenvalue weighted by Crippen LogP contribution is -2.24. The van der Waals surface area contributed by atoms with Gasteiger partial charge in [0.2, 0.25) is 0 Å². The standard InChI is InChI=1S/C15H16F2N2/c1-3-19-15(11-6-8-18-9-7-11)13-12(16)5-4-10(2)14(13)17/h4-9,15,19H,3H2,1-2H3. The fourth-order valence-electron chi connectivity index (χ4n) is 2.09. The molecular formula is C15H16F2N2. The van der Waals surface area contributed by atoms with Crippen LogP contribution < -0.4 is 5.32 Å². The van der Waals surface area contributed by atoms with Crippen LogP contribution in [-0.2, 0) is 0 Å². The van der Waals surface area contributed by atoms with E-state index in [0.29, 0.717) is 12.1 Å². The highest BCUT2D eigenvalue weighted by Crippen LogP contribution is 2.28. The molecule has 2 rings (SSSR count). The Hall–Kier alpha value is -1.81. The molecule has 0 amide bonds. The van der Waals surface area contributed by atoms with Gasteiger partial charge in [0.15, 0.2) is 0 Å². The van der Waals surface area contributed by atoms with Crippen molar-refractivity contribution in [2.24, 2.45) is 0 Å². The van der Waals surface area contributed by atoms with Crippen molar-refractivity contribution < 1.29 is 8.78 Å². The van der Waals surface area contributed by atoms with Gasteiger partial charge in [-0.05, 0) is 42.8 Å². The summed E-state index contributed by atoms with van der Waals surface area (Å²) in [4.78, 5) is 3.93. The first kappa shape index (κ1) is 13.6. The summed E-state index contributed by atoms with van der Waals surface area (Å²) in [5.41, 5.74) is 1.29. The molecule has 1 atom stereocenters. The topological polar surface area (TPSA) is 24.9 Å². The molecule has 0 saturated carbocycles. The van der Waals surface area contributed by atoms with Crippen LogP contribution in [0.1, 0.15) is 29.7 Å². The fraction of sp³-hybridized carbons (Fsp3) is 0.267. The van der Waals surface area contributed by atoms with Gasteiger partial charge in [-0.1, -0.05) is 13.0 Å². The smallest absolute Gasteiger partial charge is 0.134 e. The van der Waals surface area contributed by atoms with Crippen molar-refractivity contribution in [3.05, 3.63) is 65.0 Å². The highest BCUT2D eigenvalue weighted by atomic mass is 19.1. The van der Waals surface area contributed by atoms with Crippen molar-refractivity contribution in [2.45, 2.75) is 19.9 Å². The van der Waals surface area contributed by atoms with Gasteiger partial charge in [-0.25, -0.2) is 8.78 Å². The summed E-state index contributed by atoms with van der Waals surface area (Å²) in [7, 11) is 0. The maximum atomic E-state index is 14.2. The molecule has 100 valence electrons. The van der Waals surface area contributed by atoms with Crippen LogP contribution in [0.3, 0.4) is 0 Å². The van der Waals surface area contributed by atoms with Gasteiger partial charge < -0.3 is 5.32 Å². The second kappa shape index (κ2) is 5.89. The summed E-state index contributed by atoms with van der Waals surface area (Å²) in [6.45, 7) is 4.15. The van der Waals surface area contributed by atoms with E-state index in [1.165, 1.54) is 12.1 Å². The van der Waals surface area contributed by atoms with Crippen molar-refractivity contribution in [1.82, 2.24) is 10.3 Å². The van der Waals surface area contributed by atoms with Crippen LogP contribution in [0.15, 0.2) is 36.7 Å². The lowest BCUT2D eigenvalue weighted by molar-refractivity contribution is 0.506. The Labute approximate surface area is 111 Å². The molecule has 0 aliphatic rings. The molecule has 0 fully saturated rings. The summed E-state index contributed by atoms with van der Waals surface area (Å²) in [6, 6.07) is 5.76. The fourth-order valence-corrected chi connectivity index (χ4v) is 2.09. The molecule has 0 saturated heterocycles. The van der Waals surface area contributed by atoms with Crippen molar-refractivity contribution in [2.75, 3.05) is 6.54 Å². The molecule has 1 aromatic carbocycles. The number of pyridine rings is 1. The predicted molar refractivity (Wildman–Crippen MR) is 70.9 cm³/mol. The van der Waals surface area contributed by atoms with Crippen molar-refractivity contribution in [3.8, 4) is 0 Å². The molecule has 0 bridgehead atoms. The Bertz CT molecular complexity index is 556. The minimum absolute atomic E-state index is 0.0630. The van der Waals surface area contributed by atoms with Crippen LogP contribution in [0.25, 0.3) is 0 Å². The van der Waals surface area contributed by atoms with Crippen molar-refractivity contribution in [3.63, 3.8) is 0 Å². The zero-order valence-corrected chi connectivity index (χ0v) is 11.0. The van der Waals surface area contributed by atoms with E-state index >= 15 is 0 Å². The number of nitrogens with zero attached hydrogens (tertiary/aromatic N) is 1. The molecule has 0 spiro atoms. The molecule has 2 nitrogen and oxygen atoms in total. The molecule has 1 N–H and O–H groups in total. The first-order valence-corrected chi connectivity index (χ1v) is 6.23. The minimum atomic E-state index is -0.536. The van der Waals surface area contributed by atoms with E-state index in [2.05, 4.69) is 10.3 Å². The Kier molecular flexibility index (Phi) is 4.22. The number of rotatable bonds is 4. The Balaban J connectivity index is 2.54. The Morgan fingerprint density at radius 2 is 1.84 bits per heavy atom. The molecule has 0 aliphatic carbocycles. The molecule has 1 heterocycles. The molecule has 2 aromatic rings. The summed E-state index contributed by atoms with van der Waals surface area (Å²) >= 11 is 0. The van der Waals surface area contributed by atoms with E-state index in [0.717, 1.165) is 5.56 Å². The third-order valence-electron chi connectivity index (χ3n) is 3.06. The molecule has 0 radical (unpaired) electrons. The van der Waals surface area contributed by atoms with E-state index in [1.54, 1.807) is 31.5 Å². The van der Waals surface area contributed by atoms with Gasteiger partial charge in [0, 0.05) is 18.0 Å². The normalized spacial score (nSPS) is 12.4. The summed E-state index contributed by atoms with van der Waals surface area (Å²) in [6.07, 6.45) is 3.23. The molecule has 1 aromatic heterocycles. The van der Waals surface area contributed by atoms with Crippen LogP contribution in [0.5, 0.6) is 0 Å². The van der Waals surface area contributed by atoms with Gasteiger partial charge in [0.05, 0.1) is 6.04 Å². The van der Waals surface area contributed by atoms with Gasteiger partial charge in [0.25, 0.3) is 0 Å². The lowest BCUT2D eigenvalue weighted by atomic mass is 9.96. The molecule has 0 aliphatic heterocycles. The third-order valence-corrected chi connectivity index (χ3v) is 3.06. The minimum Gasteiger partial charge on any atom is -0.306 e. The van der Waals surface area contributed by atoms with E-state index in [4.69, 9.17) is 0 Å². The summed E-state index contributed by atoms with van der Waals surface area (Å²) in [5.74, 6) is -1.03. The quantitative estimate of drug-likeness (QED) is 0.913. The van der Waals surface area contributed by atoms with Crippen molar-refractivity contribution in [1.29, 1.82) is 0 Å². The zero-order valence-electron chi connectivity index (χ0n) is 11.0. The monoisotopic (exact) mass is 262 g/mol. The summed E-state index contributed by atoms with van der Waals surface area (Å²) < 4.78 is 28.2. The van der Waals surface area contributed by atoms with Crippen LogP contribution in [0, 0.1) is 18.6 Å². The van der Waals surface area contributed by atoms with Crippen molar-refractivity contribution >= 4 is 0 Å². The van der Waals surface area contributed by atoms with E-state index in [9.17, 15) is 8.78 Å². The van der Waals surface area contributed by atoms with E-state index in [1.807, 2.05) is 6.92 Å². The number of aryl methyl sites for hydroxylation is 1. The molecule has 4 heteroatoms. The number of halogens is 2. The maximum absolute atomic E-state index is 14.2. The Morgan fingerprint density at radius 3 is 2.47 bits per heavy atom. The third kappa shape index (κ3) is 2.79.